The molecule has 0 unspecified atom stereocenters. The molecule has 2 rings (SSSR count). The molecule has 0 saturated heterocycles. The number of hydrogen-bond acceptors (Lipinski definition) is 5. The van der Waals surface area contributed by atoms with Gasteiger partial charge in [0.1, 0.15) is 0 Å². The molecule has 62 valence electrons. The molecule has 2 aromatic heterocycles. The lowest BCUT2D eigenvalue weighted by Gasteiger charge is -1.96. The van der Waals surface area contributed by atoms with Crippen LogP contribution < -0.4 is 10.5 Å². The minimum atomic E-state index is 0.0991. The van der Waals surface area contributed by atoms with Crippen LogP contribution in [0.15, 0.2) is 16.7 Å². The first-order chi connectivity index (χ1) is 5.81. The number of nitrogen functional groups attached to an aromatic ring is 1. The number of pyridine rings is 1. The highest BCUT2D eigenvalue weighted by Gasteiger charge is 2.08. The van der Waals surface area contributed by atoms with Gasteiger partial charge in [0.25, 0.3) is 6.01 Å². The van der Waals surface area contributed by atoms with Crippen LogP contribution in [-0.2, 0) is 0 Å². The Balaban J connectivity index is 2.78. The molecule has 2 N–H and O–H groups in total. The predicted molar refractivity (Wildman–Crippen MR) is 42.8 cm³/mol. The third kappa shape index (κ3) is 0.868. The van der Waals surface area contributed by atoms with Crippen LogP contribution in [0.2, 0.25) is 0 Å². The number of oxazole rings is 1. The van der Waals surface area contributed by atoms with Crippen molar-refractivity contribution in [3.8, 4) is 5.75 Å². The number of ether oxygens (including phenoxy) is 1. The molecule has 12 heavy (non-hydrogen) atoms. The molecule has 0 aromatic carbocycles. The Bertz CT molecular complexity index is 410. The highest BCUT2D eigenvalue weighted by atomic mass is 16.5. The fourth-order valence-electron chi connectivity index (χ4n) is 0.988. The number of nitrogens with zero attached hydrogens (tertiary/aromatic N) is 2. The van der Waals surface area contributed by atoms with E-state index in [2.05, 4.69) is 9.97 Å². The van der Waals surface area contributed by atoms with Crippen LogP contribution in [0.3, 0.4) is 0 Å². The van der Waals surface area contributed by atoms with Crippen LogP contribution >= 0.6 is 0 Å². The molecule has 5 nitrogen and oxygen atoms in total. The van der Waals surface area contributed by atoms with Crippen molar-refractivity contribution in [3.63, 3.8) is 0 Å². The average molecular weight is 165 g/mol. The van der Waals surface area contributed by atoms with E-state index < -0.39 is 0 Å². The lowest BCUT2D eigenvalue weighted by Crippen LogP contribution is -1.84. The molecular weight excluding hydrogens is 158 g/mol. The zero-order valence-electron chi connectivity index (χ0n) is 6.44. The van der Waals surface area contributed by atoms with Crippen molar-refractivity contribution in [2.24, 2.45) is 0 Å². The van der Waals surface area contributed by atoms with E-state index in [0.29, 0.717) is 17.0 Å². The first kappa shape index (κ1) is 6.90. The molecule has 0 saturated carbocycles. The normalized spacial score (nSPS) is 10.4. The number of anilines is 1. The van der Waals surface area contributed by atoms with E-state index in [9.17, 15) is 0 Å². The second-order valence-corrected chi connectivity index (χ2v) is 2.22. The summed E-state index contributed by atoms with van der Waals surface area (Å²) >= 11 is 0. The highest BCUT2D eigenvalue weighted by Crippen LogP contribution is 2.24. The van der Waals surface area contributed by atoms with Crippen molar-refractivity contribution in [3.05, 3.63) is 12.3 Å². The molecule has 2 aromatic rings. The highest BCUT2D eigenvalue weighted by molar-refractivity contribution is 5.76. The number of fused-ring (bicyclic) bond motifs is 1. The first-order valence-electron chi connectivity index (χ1n) is 3.36. The van der Waals surface area contributed by atoms with E-state index in [-0.39, 0.29) is 6.01 Å². The van der Waals surface area contributed by atoms with Crippen LogP contribution in [0.5, 0.6) is 5.75 Å². The van der Waals surface area contributed by atoms with Gasteiger partial charge < -0.3 is 14.9 Å². The maximum Gasteiger partial charge on any atom is 0.294 e. The zero-order chi connectivity index (χ0) is 8.55. The van der Waals surface area contributed by atoms with E-state index in [0.717, 1.165) is 0 Å². The fraction of sp³-hybridized carbons (Fsp3) is 0.143. The van der Waals surface area contributed by atoms with Gasteiger partial charge in [-0.2, -0.15) is 4.98 Å². The lowest BCUT2D eigenvalue weighted by atomic mass is 10.4. The summed E-state index contributed by atoms with van der Waals surface area (Å²) in [5, 5.41) is 0. The lowest BCUT2D eigenvalue weighted by molar-refractivity contribution is 0.410. The Morgan fingerprint density at radius 1 is 1.58 bits per heavy atom. The summed E-state index contributed by atoms with van der Waals surface area (Å²) in [6.45, 7) is 0. The Hall–Kier alpha value is -1.78. The summed E-state index contributed by atoms with van der Waals surface area (Å²) in [7, 11) is 1.55. The second-order valence-electron chi connectivity index (χ2n) is 2.22. The summed E-state index contributed by atoms with van der Waals surface area (Å²) in [5.74, 6) is 0.587. The molecule has 0 radical (unpaired) electrons. The maximum absolute atomic E-state index is 5.34. The van der Waals surface area contributed by atoms with Gasteiger partial charge in [0, 0.05) is 12.3 Å². The Morgan fingerprint density at radius 2 is 2.42 bits per heavy atom. The summed E-state index contributed by atoms with van der Waals surface area (Å²) in [6, 6.07) is 1.79. The molecule has 0 amide bonds. The minimum Gasteiger partial charge on any atom is -0.493 e. The summed E-state index contributed by atoms with van der Waals surface area (Å²) in [5.41, 5.74) is 6.29. The second kappa shape index (κ2) is 2.37. The van der Waals surface area contributed by atoms with Crippen LogP contribution in [0.1, 0.15) is 0 Å². The SMILES string of the molecule is COc1ccnc2nc(N)oc12. The van der Waals surface area contributed by atoms with Gasteiger partial charge >= 0.3 is 0 Å². The molecule has 0 bridgehead atoms. The molecule has 0 spiro atoms. The maximum atomic E-state index is 5.34. The van der Waals surface area contributed by atoms with Crippen molar-refractivity contribution in [1.82, 2.24) is 9.97 Å². The van der Waals surface area contributed by atoms with E-state index in [4.69, 9.17) is 14.9 Å². The van der Waals surface area contributed by atoms with Crippen molar-refractivity contribution >= 4 is 17.2 Å². The number of methoxy groups -OCH3 is 1. The molecule has 0 atom stereocenters. The van der Waals surface area contributed by atoms with Crippen LogP contribution in [0.25, 0.3) is 11.2 Å². The van der Waals surface area contributed by atoms with Crippen molar-refractivity contribution in [2.75, 3.05) is 12.8 Å². The van der Waals surface area contributed by atoms with Crippen LogP contribution in [0.4, 0.5) is 6.01 Å². The van der Waals surface area contributed by atoms with E-state index in [1.54, 1.807) is 19.4 Å². The van der Waals surface area contributed by atoms with Gasteiger partial charge in [0.05, 0.1) is 7.11 Å². The van der Waals surface area contributed by atoms with Gasteiger partial charge in [-0.05, 0) is 0 Å². The van der Waals surface area contributed by atoms with Crippen LogP contribution in [0, 0.1) is 0 Å². The van der Waals surface area contributed by atoms with Crippen molar-refractivity contribution in [2.45, 2.75) is 0 Å². The predicted octanol–water partition coefficient (Wildman–Crippen LogP) is 0.814. The molecule has 0 aliphatic heterocycles. The first-order valence-corrected chi connectivity index (χ1v) is 3.36. The molecule has 0 fully saturated rings. The quantitative estimate of drug-likeness (QED) is 0.676. The van der Waals surface area contributed by atoms with Crippen molar-refractivity contribution in [1.29, 1.82) is 0 Å². The van der Waals surface area contributed by atoms with Gasteiger partial charge in [-0.3, -0.25) is 0 Å². The number of nitrogens with two attached hydrogens (primary N) is 1. The number of hydrogen-bond donors (Lipinski definition) is 1. The van der Waals surface area contributed by atoms with Gasteiger partial charge in [-0.1, -0.05) is 0 Å². The number of aromatic nitrogens is 2. The third-order valence-electron chi connectivity index (χ3n) is 1.49. The zero-order valence-corrected chi connectivity index (χ0v) is 6.44. The van der Waals surface area contributed by atoms with E-state index in [1.165, 1.54) is 0 Å². The Labute approximate surface area is 68.2 Å². The average Bonchev–Trinajstić information content (AvgIpc) is 2.44. The summed E-state index contributed by atoms with van der Waals surface area (Å²) in [6.07, 6.45) is 1.59. The van der Waals surface area contributed by atoms with Gasteiger partial charge in [0.2, 0.25) is 11.2 Å². The minimum absolute atomic E-state index is 0.0991. The smallest absolute Gasteiger partial charge is 0.294 e. The Morgan fingerprint density at radius 3 is 3.17 bits per heavy atom. The standard InChI is InChI=1S/C7H7N3O2/c1-11-4-2-3-9-6-5(4)12-7(8)10-6/h2-3H,1H3,(H2,8,9,10). The summed E-state index contributed by atoms with van der Waals surface area (Å²) < 4.78 is 10.1. The molecule has 5 heteroatoms. The van der Waals surface area contributed by atoms with Crippen LogP contribution in [-0.4, -0.2) is 17.1 Å². The van der Waals surface area contributed by atoms with Crippen molar-refractivity contribution < 1.29 is 9.15 Å². The fourth-order valence-corrected chi connectivity index (χ4v) is 0.988. The topological polar surface area (TPSA) is 74.2 Å². The number of rotatable bonds is 1. The monoisotopic (exact) mass is 165 g/mol. The third-order valence-corrected chi connectivity index (χ3v) is 1.49. The molecule has 0 aliphatic rings. The molecule has 2 heterocycles. The van der Waals surface area contributed by atoms with E-state index >= 15 is 0 Å². The van der Waals surface area contributed by atoms with Gasteiger partial charge in [-0.25, -0.2) is 4.98 Å². The Kier molecular flexibility index (Phi) is 1.36. The van der Waals surface area contributed by atoms with Gasteiger partial charge in [-0.15, -0.1) is 0 Å². The molecule has 0 aliphatic carbocycles. The van der Waals surface area contributed by atoms with Gasteiger partial charge in [0.15, 0.2) is 5.75 Å². The summed E-state index contributed by atoms with van der Waals surface area (Å²) in [4.78, 5) is 7.79. The van der Waals surface area contributed by atoms with E-state index in [1.807, 2.05) is 0 Å². The molecular formula is C7H7N3O2. The largest absolute Gasteiger partial charge is 0.493 e.